The fourth-order valence-electron chi connectivity index (χ4n) is 3.92. The third kappa shape index (κ3) is 1.74. The first kappa shape index (κ1) is 13.4. The number of allylic oxidation sites excluding steroid dienone is 5. The van der Waals surface area contributed by atoms with Crippen LogP contribution in [-0.4, -0.2) is 0 Å². The van der Waals surface area contributed by atoms with Gasteiger partial charge >= 0.3 is 0 Å². The molecule has 1 aromatic rings. The second-order valence-corrected chi connectivity index (χ2v) is 6.24. The normalized spacial score (nSPS) is 25.4. The molecule has 2 unspecified atom stereocenters. The van der Waals surface area contributed by atoms with Gasteiger partial charge in [-0.05, 0) is 61.0 Å². The van der Waals surface area contributed by atoms with Crippen molar-refractivity contribution in [2.24, 2.45) is 5.92 Å². The maximum atomic E-state index is 2.41. The largest absolute Gasteiger partial charge is 0.0632 e. The molecule has 1 aromatic carbocycles. The molecule has 0 aliphatic heterocycles. The van der Waals surface area contributed by atoms with Crippen molar-refractivity contribution in [1.29, 1.82) is 0 Å². The molecular formula is C20H24. The van der Waals surface area contributed by atoms with Crippen molar-refractivity contribution in [1.82, 2.24) is 0 Å². The molecule has 0 radical (unpaired) electrons. The van der Waals surface area contributed by atoms with Crippen LogP contribution in [0.4, 0.5) is 0 Å². The van der Waals surface area contributed by atoms with Gasteiger partial charge < -0.3 is 0 Å². The van der Waals surface area contributed by atoms with Gasteiger partial charge in [0.2, 0.25) is 0 Å². The lowest BCUT2D eigenvalue weighted by Crippen LogP contribution is -2.09. The van der Waals surface area contributed by atoms with Crippen molar-refractivity contribution in [2.75, 3.05) is 0 Å². The predicted molar refractivity (Wildman–Crippen MR) is 87.7 cm³/mol. The van der Waals surface area contributed by atoms with E-state index in [1.54, 1.807) is 16.7 Å². The maximum absolute atomic E-state index is 2.41. The van der Waals surface area contributed by atoms with Crippen LogP contribution in [0.1, 0.15) is 58.1 Å². The zero-order valence-electron chi connectivity index (χ0n) is 13.2. The van der Waals surface area contributed by atoms with Crippen LogP contribution in [0, 0.1) is 5.92 Å². The molecule has 2 atom stereocenters. The van der Waals surface area contributed by atoms with Crippen molar-refractivity contribution in [2.45, 2.75) is 47.0 Å². The highest BCUT2D eigenvalue weighted by molar-refractivity contribution is 5.71. The van der Waals surface area contributed by atoms with Crippen LogP contribution in [0.3, 0.4) is 0 Å². The van der Waals surface area contributed by atoms with Crippen LogP contribution >= 0.6 is 0 Å². The zero-order chi connectivity index (χ0) is 14.4. The Bertz CT molecular complexity index is 652. The molecule has 3 rings (SSSR count). The van der Waals surface area contributed by atoms with E-state index in [0.717, 1.165) is 6.42 Å². The Morgan fingerprint density at radius 1 is 1.00 bits per heavy atom. The smallest absolute Gasteiger partial charge is 0.0278 e. The van der Waals surface area contributed by atoms with Gasteiger partial charge in [0.05, 0.1) is 0 Å². The topological polar surface area (TPSA) is 0 Å². The van der Waals surface area contributed by atoms with E-state index in [1.165, 1.54) is 22.3 Å². The lowest BCUT2D eigenvalue weighted by molar-refractivity contribution is 0.723. The average molecular weight is 264 g/mol. The Morgan fingerprint density at radius 3 is 2.30 bits per heavy atom. The molecule has 0 aromatic heterocycles. The summed E-state index contributed by atoms with van der Waals surface area (Å²) in [7, 11) is 0. The van der Waals surface area contributed by atoms with Crippen LogP contribution in [0.15, 0.2) is 52.1 Å². The molecular weight excluding hydrogens is 240 g/mol. The first-order chi connectivity index (χ1) is 9.56. The molecule has 0 bridgehead atoms. The van der Waals surface area contributed by atoms with Crippen LogP contribution < -0.4 is 0 Å². The SMILES string of the molecule is CCC1=Cc2ccccc2C1C1=C(C)C(C)=C(C)C1C. The van der Waals surface area contributed by atoms with E-state index >= 15 is 0 Å². The Labute approximate surface area is 122 Å². The molecule has 0 amide bonds. The fourth-order valence-corrected chi connectivity index (χ4v) is 3.92. The molecule has 0 saturated carbocycles. The molecule has 0 nitrogen and oxygen atoms in total. The van der Waals surface area contributed by atoms with Crippen molar-refractivity contribution in [3.8, 4) is 0 Å². The summed E-state index contributed by atoms with van der Waals surface area (Å²) in [5.41, 5.74) is 10.7. The van der Waals surface area contributed by atoms with Crippen molar-refractivity contribution in [3.63, 3.8) is 0 Å². The van der Waals surface area contributed by atoms with Gasteiger partial charge in [0, 0.05) is 5.92 Å². The second-order valence-electron chi connectivity index (χ2n) is 6.24. The highest BCUT2D eigenvalue weighted by atomic mass is 14.4. The summed E-state index contributed by atoms with van der Waals surface area (Å²) in [5.74, 6) is 1.10. The Kier molecular flexibility index (Phi) is 3.20. The lowest BCUT2D eigenvalue weighted by Gasteiger charge is -2.24. The number of benzene rings is 1. The van der Waals surface area contributed by atoms with E-state index in [2.05, 4.69) is 65.0 Å². The number of hydrogen-bond donors (Lipinski definition) is 0. The molecule has 0 heteroatoms. The van der Waals surface area contributed by atoms with Gasteiger partial charge in [-0.25, -0.2) is 0 Å². The highest BCUT2D eigenvalue weighted by Crippen LogP contribution is 2.51. The Morgan fingerprint density at radius 2 is 1.70 bits per heavy atom. The number of rotatable bonds is 2. The third-order valence-corrected chi connectivity index (χ3v) is 5.44. The minimum absolute atomic E-state index is 0.513. The van der Waals surface area contributed by atoms with Crippen molar-refractivity contribution >= 4 is 6.08 Å². The molecule has 2 aliphatic carbocycles. The summed E-state index contributed by atoms with van der Waals surface area (Å²) < 4.78 is 0. The van der Waals surface area contributed by atoms with Crippen LogP contribution in [0.2, 0.25) is 0 Å². The van der Waals surface area contributed by atoms with Crippen molar-refractivity contribution in [3.05, 3.63) is 63.3 Å². The van der Waals surface area contributed by atoms with Gasteiger partial charge in [0.15, 0.2) is 0 Å². The van der Waals surface area contributed by atoms with Gasteiger partial charge in [-0.3, -0.25) is 0 Å². The average Bonchev–Trinajstić information content (AvgIpc) is 2.91. The van der Waals surface area contributed by atoms with Gasteiger partial charge in [0.25, 0.3) is 0 Å². The summed E-state index contributed by atoms with van der Waals surface area (Å²) in [4.78, 5) is 0. The maximum Gasteiger partial charge on any atom is 0.0278 e. The molecule has 2 aliphatic rings. The van der Waals surface area contributed by atoms with Crippen LogP contribution in [-0.2, 0) is 0 Å². The minimum Gasteiger partial charge on any atom is -0.0632 e. The fraction of sp³-hybridized carbons (Fsp3) is 0.400. The summed E-state index contributed by atoms with van der Waals surface area (Å²) in [6, 6.07) is 8.91. The zero-order valence-corrected chi connectivity index (χ0v) is 13.2. The quantitative estimate of drug-likeness (QED) is 0.625. The molecule has 20 heavy (non-hydrogen) atoms. The predicted octanol–water partition coefficient (Wildman–Crippen LogP) is 5.88. The number of fused-ring (bicyclic) bond motifs is 1. The third-order valence-electron chi connectivity index (χ3n) is 5.44. The Balaban J connectivity index is 2.14. The van der Waals surface area contributed by atoms with E-state index < -0.39 is 0 Å². The molecule has 0 heterocycles. The summed E-state index contributed by atoms with van der Waals surface area (Å²) >= 11 is 0. The van der Waals surface area contributed by atoms with Crippen LogP contribution in [0.5, 0.6) is 0 Å². The van der Waals surface area contributed by atoms with Gasteiger partial charge in [-0.15, -0.1) is 0 Å². The summed E-state index contributed by atoms with van der Waals surface area (Å²) in [6.07, 6.45) is 3.55. The van der Waals surface area contributed by atoms with E-state index in [1.807, 2.05) is 0 Å². The standard InChI is InChI=1S/C20H24/c1-6-16-11-17-9-7-8-10-18(17)20(16)19-14(4)12(2)13(3)15(19)5/h7-11,14,20H,6H2,1-5H3. The second kappa shape index (κ2) is 4.77. The molecule has 0 fully saturated rings. The lowest BCUT2D eigenvalue weighted by atomic mass is 9.80. The Hall–Kier alpha value is -1.56. The minimum atomic E-state index is 0.513. The van der Waals surface area contributed by atoms with Gasteiger partial charge in [-0.2, -0.15) is 0 Å². The molecule has 0 saturated heterocycles. The number of hydrogen-bond acceptors (Lipinski definition) is 0. The van der Waals surface area contributed by atoms with Gasteiger partial charge in [-0.1, -0.05) is 55.3 Å². The first-order valence-corrected chi connectivity index (χ1v) is 7.74. The van der Waals surface area contributed by atoms with Gasteiger partial charge in [0.1, 0.15) is 0 Å². The van der Waals surface area contributed by atoms with Crippen LogP contribution in [0.25, 0.3) is 6.08 Å². The first-order valence-electron chi connectivity index (χ1n) is 7.74. The molecule has 104 valence electrons. The summed E-state index contributed by atoms with van der Waals surface area (Å²) in [5, 5.41) is 0. The molecule has 0 N–H and O–H groups in total. The van der Waals surface area contributed by atoms with E-state index in [0.29, 0.717) is 11.8 Å². The summed E-state index contributed by atoms with van der Waals surface area (Å²) in [6.45, 7) is 11.6. The van der Waals surface area contributed by atoms with E-state index in [9.17, 15) is 0 Å². The van der Waals surface area contributed by atoms with E-state index in [4.69, 9.17) is 0 Å². The monoisotopic (exact) mass is 264 g/mol. The van der Waals surface area contributed by atoms with E-state index in [-0.39, 0.29) is 0 Å². The molecule has 0 spiro atoms. The highest BCUT2D eigenvalue weighted by Gasteiger charge is 2.34. The van der Waals surface area contributed by atoms with Crippen molar-refractivity contribution < 1.29 is 0 Å².